The van der Waals surface area contributed by atoms with E-state index in [1.165, 1.54) is 12.1 Å². The first-order valence-corrected chi connectivity index (χ1v) is 8.78. The topological polar surface area (TPSA) is 78.5 Å². The van der Waals surface area contributed by atoms with Gasteiger partial charge in [0.05, 0.1) is 6.26 Å². The van der Waals surface area contributed by atoms with E-state index in [2.05, 4.69) is 10.6 Å². The molecule has 2 amide bonds. The number of nitrogens with zero attached hydrogens (tertiary/aromatic N) is 1. The van der Waals surface area contributed by atoms with Crippen LogP contribution in [0.4, 0.5) is 9.18 Å². The number of carbonyl (C=O) groups excluding carboxylic acids is 1. The first-order chi connectivity index (χ1) is 10.2. The lowest BCUT2D eigenvalue weighted by molar-refractivity contribution is 0.237. The van der Waals surface area contributed by atoms with Gasteiger partial charge in [-0.3, -0.25) is 0 Å². The van der Waals surface area contributed by atoms with Crippen molar-refractivity contribution < 1.29 is 17.6 Å². The molecule has 1 aromatic carbocycles. The van der Waals surface area contributed by atoms with Gasteiger partial charge in [-0.25, -0.2) is 17.6 Å². The Kier molecular flexibility index (Phi) is 6.76. The summed E-state index contributed by atoms with van der Waals surface area (Å²) >= 11 is 0. The molecule has 0 saturated heterocycles. The van der Waals surface area contributed by atoms with E-state index in [9.17, 15) is 17.6 Å². The number of halogens is 1. The van der Waals surface area contributed by atoms with Crippen molar-refractivity contribution in [2.75, 3.05) is 19.3 Å². The van der Waals surface area contributed by atoms with Gasteiger partial charge < -0.3 is 10.6 Å². The minimum absolute atomic E-state index is 0.00979. The van der Waals surface area contributed by atoms with Gasteiger partial charge in [-0.2, -0.15) is 4.31 Å². The Morgan fingerprint density at radius 3 is 2.50 bits per heavy atom. The maximum absolute atomic E-state index is 13.6. The second-order valence-corrected chi connectivity index (χ2v) is 7.23. The van der Waals surface area contributed by atoms with Crippen LogP contribution in [0.1, 0.15) is 19.4 Å². The Morgan fingerprint density at radius 1 is 1.32 bits per heavy atom. The normalized spacial score (nSPS) is 11.7. The fourth-order valence-electron chi connectivity index (χ4n) is 1.79. The minimum atomic E-state index is -3.51. The highest BCUT2D eigenvalue weighted by Gasteiger charge is 2.18. The van der Waals surface area contributed by atoms with Gasteiger partial charge in [0.2, 0.25) is 10.0 Å². The first kappa shape index (κ1) is 18.4. The predicted molar refractivity (Wildman–Crippen MR) is 83.3 cm³/mol. The van der Waals surface area contributed by atoms with E-state index in [0.717, 1.165) is 10.6 Å². The fourth-order valence-corrected chi connectivity index (χ4v) is 2.58. The van der Waals surface area contributed by atoms with Crippen LogP contribution >= 0.6 is 0 Å². The summed E-state index contributed by atoms with van der Waals surface area (Å²) in [6.45, 7) is 3.78. The predicted octanol–water partition coefficient (Wildman–Crippen LogP) is 1.29. The third kappa shape index (κ3) is 6.40. The van der Waals surface area contributed by atoms with Gasteiger partial charge in [-0.1, -0.05) is 18.2 Å². The number of nitrogens with one attached hydrogen (secondary N) is 2. The quantitative estimate of drug-likeness (QED) is 0.790. The highest BCUT2D eigenvalue weighted by atomic mass is 32.2. The van der Waals surface area contributed by atoms with Crippen molar-refractivity contribution in [3.8, 4) is 0 Å². The van der Waals surface area contributed by atoms with Crippen LogP contribution in [0.2, 0.25) is 0 Å². The average molecular weight is 331 g/mol. The number of hydrogen-bond acceptors (Lipinski definition) is 3. The molecule has 0 radical (unpaired) electrons. The largest absolute Gasteiger partial charge is 0.337 e. The highest BCUT2D eigenvalue weighted by Crippen LogP contribution is 2.11. The van der Waals surface area contributed by atoms with E-state index in [1.807, 2.05) is 13.8 Å². The minimum Gasteiger partial charge on any atom is -0.337 e. The van der Waals surface area contributed by atoms with E-state index in [1.54, 1.807) is 12.1 Å². The van der Waals surface area contributed by atoms with Crippen molar-refractivity contribution in [2.45, 2.75) is 26.4 Å². The van der Waals surface area contributed by atoms with Crippen molar-refractivity contribution in [1.82, 2.24) is 14.9 Å². The molecule has 8 heteroatoms. The summed E-state index contributed by atoms with van der Waals surface area (Å²) in [5.41, 5.74) is 0.291. The number of benzene rings is 1. The Bertz CT molecular complexity index is 605. The maximum atomic E-state index is 13.6. The number of urea groups is 1. The van der Waals surface area contributed by atoms with E-state index in [0.29, 0.717) is 5.56 Å². The Labute approximate surface area is 130 Å². The SMILES string of the molecule is CC(C)NC(=O)NCCN(Cc1ccccc1F)S(C)(=O)=O. The van der Waals surface area contributed by atoms with Crippen LogP contribution in [0.5, 0.6) is 0 Å². The Hall–Kier alpha value is -1.67. The summed E-state index contributed by atoms with van der Waals surface area (Å²) in [6, 6.07) is 5.63. The monoisotopic (exact) mass is 331 g/mol. The molecule has 0 aliphatic carbocycles. The van der Waals surface area contributed by atoms with Crippen LogP contribution < -0.4 is 10.6 Å². The number of carbonyl (C=O) groups is 1. The molecule has 124 valence electrons. The van der Waals surface area contributed by atoms with Crippen LogP contribution in [-0.2, 0) is 16.6 Å². The molecule has 0 aliphatic heterocycles. The van der Waals surface area contributed by atoms with Crippen molar-refractivity contribution in [3.05, 3.63) is 35.6 Å². The molecule has 1 rings (SSSR count). The third-order valence-electron chi connectivity index (χ3n) is 2.84. The maximum Gasteiger partial charge on any atom is 0.315 e. The third-order valence-corrected chi connectivity index (χ3v) is 4.09. The van der Waals surface area contributed by atoms with Crippen LogP contribution in [0.25, 0.3) is 0 Å². The van der Waals surface area contributed by atoms with E-state index < -0.39 is 15.8 Å². The number of rotatable bonds is 7. The van der Waals surface area contributed by atoms with Crippen molar-refractivity contribution in [2.24, 2.45) is 0 Å². The molecule has 0 spiro atoms. The zero-order valence-corrected chi connectivity index (χ0v) is 13.8. The van der Waals surface area contributed by atoms with E-state index in [-0.39, 0.29) is 31.7 Å². The summed E-state index contributed by atoms with van der Waals surface area (Å²) in [5, 5.41) is 5.20. The summed E-state index contributed by atoms with van der Waals surface area (Å²) in [4.78, 5) is 11.4. The lowest BCUT2D eigenvalue weighted by Crippen LogP contribution is -2.43. The standard InChI is InChI=1S/C14H22FN3O3S/c1-11(2)17-14(19)16-8-9-18(22(3,20)21)10-12-6-4-5-7-13(12)15/h4-7,11H,8-10H2,1-3H3,(H2,16,17,19). The first-order valence-electron chi connectivity index (χ1n) is 6.93. The van der Waals surface area contributed by atoms with Gasteiger partial charge in [0, 0.05) is 31.2 Å². The number of amides is 2. The molecule has 0 atom stereocenters. The molecule has 2 N–H and O–H groups in total. The van der Waals surface area contributed by atoms with Crippen molar-refractivity contribution >= 4 is 16.1 Å². The fraction of sp³-hybridized carbons (Fsp3) is 0.500. The summed E-state index contributed by atoms with van der Waals surface area (Å²) < 4.78 is 38.3. The molecule has 0 saturated carbocycles. The molecule has 22 heavy (non-hydrogen) atoms. The second-order valence-electron chi connectivity index (χ2n) is 5.24. The molecular weight excluding hydrogens is 309 g/mol. The lowest BCUT2D eigenvalue weighted by atomic mass is 10.2. The van der Waals surface area contributed by atoms with Gasteiger partial charge in [0.25, 0.3) is 0 Å². The molecule has 0 fully saturated rings. The number of sulfonamides is 1. The molecule has 1 aromatic rings. The van der Waals surface area contributed by atoms with Gasteiger partial charge in [0.1, 0.15) is 5.82 Å². The van der Waals surface area contributed by atoms with Gasteiger partial charge in [-0.15, -0.1) is 0 Å². The zero-order chi connectivity index (χ0) is 16.8. The molecule has 0 heterocycles. The average Bonchev–Trinajstić information content (AvgIpc) is 2.37. The molecule has 0 unspecified atom stereocenters. The zero-order valence-electron chi connectivity index (χ0n) is 13.0. The van der Waals surface area contributed by atoms with E-state index >= 15 is 0 Å². The number of hydrogen-bond donors (Lipinski definition) is 2. The van der Waals surface area contributed by atoms with Crippen LogP contribution in [-0.4, -0.2) is 44.1 Å². The van der Waals surface area contributed by atoms with Crippen LogP contribution in [0, 0.1) is 5.82 Å². The van der Waals surface area contributed by atoms with Gasteiger partial charge >= 0.3 is 6.03 Å². The molecule has 0 bridgehead atoms. The summed E-state index contributed by atoms with van der Waals surface area (Å²) in [6.07, 6.45) is 1.06. The molecular formula is C14H22FN3O3S. The summed E-state index contributed by atoms with van der Waals surface area (Å²) in [5.74, 6) is -0.457. The Balaban J connectivity index is 2.64. The highest BCUT2D eigenvalue weighted by molar-refractivity contribution is 7.88. The van der Waals surface area contributed by atoms with Crippen molar-refractivity contribution in [1.29, 1.82) is 0 Å². The van der Waals surface area contributed by atoms with Gasteiger partial charge in [-0.05, 0) is 19.9 Å². The molecule has 6 nitrogen and oxygen atoms in total. The second kappa shape index (κ2) is 8.09. The van der Waals surface area contributed by atoms with Crippen LogP contribution in [0.3, 0.4) is 0 Å². The lowest BCUT2D eigenvalue weighted by Gasteiger charge is -2.20. The molecule has 0 aliphatic rings. The van der Waals surface area contributed by atoms with Crippen LogP contribution in [0.15, 0.2) is 24.3 Å². The van der Waals surface area contributed by atoms with Gasteiger partial charge in [0.15, 0.2) is 0 Å². The Morgan fingerprint density at radius 2 is 1.95 bits per heavy atom. The van der Waals surface area contributed by atoms with Crippen molar-refractivity contribution in [3.63, 3.8) is 0 Å². The smallest absolute Gasteiger partial charge is 0.315 e. The summed E-state index contributed by atoms with van der Waals surface area (Å²) in [7, 11) is -3.51. The molecule has 0 aromatic heterocycles. The van der Waals surface area contributed by atoms with E-state index in [4.69, 9.17) is 0 Å².